The number of nitrogens with one attached hydrogen (secondary N) is 1. The molecule has 0 aromatic heterocycles. The van der Waals surface area contributed by atoms with Crippen molar-refractivity contribution < 1.29 is 18.7 Å². The Labute approximate surface area is 154 Å². The maximum atomic E-state index is 12.8. The molecule has 2 unspecified atom stereocenters. The SMILES string of the molecule is CN=C(NCCCCOc1ccc(F)cc1)N1CC(C)C(C(=O)OC)C1. The largest absolute Gasteiger partial charge is 0.494 e. The van der Waals surface area contributed by atoms with Crippen LogP contribution in [-0.4, -0.2) is 57.2 Å². The van der Waals surface area contributed by atoms with E-state index in [4.69, 9.17) is 9.47 Å². The van der Waals surface area contributed by atoms with Crippen molar-refractivity contribution in [3.05, 3.63) is 30.1 Å². The maximum Gasteiger partial charge on any atom is 0.310 e. The first-order valence-electron chi connectivity index (χ1n) is 8.97. The predicted octanol–water partition coefficient (Wildman–Crippen LogP) is 2.30. The second kappa shape index (κ2) is 9.99. The van der Waals surface area contributed by atoms with Gasteiger partial charge in [-0.15, -0.1) is 0 Å². The van der Waals surface area contributed by atoms with Crippen LogP contribution in [0.5, 0.6) is 5.75 Å². The zero-order valence-electron chi connectivity index (χ0n) is 15.7. The van der Waals surface area contributed by atoms with E-state index < -0.39 is 0 Å². The molecule has 0 radical (unpaired) electrons. The van der Waals surface area contributed by atoms with Crippen molar-refractivity contribution in [1.82, 2.24) is 10.2 Å². The van der Waals surface area contributed by atoms with E-state index in [9.17, 15) is 9.18 Å². The molecular formula is C19H28FN3O3. The zero-order chi connectivity index (χ0) is 18.9. The van der Waals surface area contributed by atoms with Crippen molar-refractivity contribution in [2.45, 2.75) is 19.8 Å². The number of hydrogen-bond acceptors (Lipinski definition) is 4. The van der Waals surface area contributed by atoms with Crippen molar-refractivity contribution in [2.24, 2.45) is 16.8 Å². The average molecular weight is 365 g/mol. The van der Waals surface area contributed by atoms with E-state index >= 15 is 0 Å². The Morgan fingerprint density at radius 1 is 1.31 bits per heavy atom. The number of carbonyl (C=O) groups excluding carboxylic acids is 1. The van der Waals surface area contributed by atoms with Gasteiger partial charge in [0.15, 0.2) is 5.96 Å². The van der Waals surface area contributed by atoms with Gasteiger partial charge in [0.2, 0.25) is 0 Å². The van der Waals surface area contributed by atoms with Gasteiger partial charge in [-0.25, -0.2) is 4.39 Å². The standard InChI is InChI=1S/C19H28FN3O3/c1-14-12-23(13-17(14)18(24)25-3)19(21-2)22-10-4-5-11-26-16-8-6-15(20)7-9-16/h6-9,14,17H,4-5,10-13H2,1-3H3,(H,21,22). The molecule has 1 aromatic carbocycles. The number of carbonyl (C=O) groups is 1. The molecular weight excluding hydrogens is 337 g/mol. The minimum absolute atomic E-state index is 0.109. The third-order valence-electron chi connectivity index (χ3n) is 4.56. The highest BCUT2D eigenvalue weighted by Gasteiger charge is 2.36. The molecule has 0 amide bonds. The number of benzene rings is 1. The quantitative estimate of drug-likeness (QED) is 0.348. The average Bonchev–Trinajstić information content (AvgIpc) is 3.03. The van der Waals surface area contributed by atoms with Gasteiger partial charge in [0, 0.05) is 26.7 Å². The van der Waals surface area contributed by atoms with Gasteiger partial charge in [-0.2, -0.15) is 0 Å². The lowest BCUT2D eigenvalue weighted by atomic mass is 9.99. The zero-order valence-corrected chi connectivity index (χ0v) is 15.7. The maximum absolute atomic E-state index is 12.8. The number of guanidine groups is 1. The highest BCUT2D eigenvalue weighted by molar-refractivity contribution is 5.82. The van der Waals surface area contributed by atoms with Crippen LogP contribution in [0.1, 0.15) is 19.8 Å². The number of ether oxygens (including phenoxy) is 2. The molecule has 144 valence electrons. The molecule has 2 rings (SSSR count). The van der Waals surface area contributed by atoms with Crippen LogP contribution in [0.3, 0.4) is 0 Å². The molecule has 1 aliphatic heterocycles. The minimum Gasteiger partial charge on any atom is -0.494 e. The summed E-state index contributed by atoms with van der Waals surface area (Å²) in [6.07, 6.45) is 1.80. The van der Waals surface area contributed by atoms with E-state index in [1.165, 1.54) is 19.2 Å². The van der Waals surface area contributed by atoms with E-state index in [0.717, 1.165) is 31.9 Å². The normalized spacial score (nSPS) is 20.2. The number of rotatable bonds is 7. The number of aliphatic imine (C=N–C) groups is 1. The van der Waals surface area contributed by atoms with Crippen molar-refractivity contribution in [3.63, 3.8) is 0 Å². The minimum atomic E-state index is -0.265. The number of unbranched alkanes of at least 4 members (excludes halogenated alkanes) is 1. The van der Waals surface area contributed by atoms with Gasteiger partial charge in [-0.1, -0.05) is 6.92 Å². The van der Waals surface area contributed by atoms with Gasteiger partial charge < -0.3 is 19.7 Å². The van der Waals surface area contributed by atoms with Crippen LogP contribution in [-0.2, 0) is 9.53 Å². The molecule has 0 spiro atoms. The molecule has 0 aliphatic carbocycles. The van der Waals surface area contributed by atoms with Crippen LogP contribution in [0.15, 0.2) is 29.3 Å². The first-order valence-corrected chi connectivity index (χ1v) is 8.97. The molecule has 0 saturated carbocycles. The Bertz CT molecular complexity index is 607. The third-order valence-corrected chi connectivity index (χ3v) is 4.56. The lowest BCUT2D eigenvalue weighted by Crippen LogP contribution is -2.41. The fourth-order valence-corrected chi connectivity index (χ4v) is 3.08. The van der Waals surface area contributed by atoms with Crippen LogP contribution in [0, 0.1) is 17.7 Å². The summed E-state index contributed by atoms with van der Waals surface area (Å²) in [4.78, 5) is 18.2. The summed E-state index contributed by atoms with van der Waals surface area (Å²) in [6, 6.07) is 6.03. The fourth-order valence-electron chi connectivity index (χ4n) is 3.08. The molecule has 1 fully saturated rings. The number of halogens is 1. The number of likely N-dealkylation sites (tertiary alicyclic amines) is 1. The third kappa shape index (κ3) is 5.61. The van der Waals surface area contributed by atoms with Crippen molar-refractivity contribution in [2.75, 3.05) is 40.4 Å². The summed E-state index contributed by atoms with van der Waals surface area (Å²) in [7, 11) is 3.18. The lowest BCUT2D eigenvalue weighted by Gasteiger charge is -2.21. The van der Waals surface area contributed by atoms with Gasteiger partial charge in [0.1, 0.15) is 11.6 Å². The van der Waals surface area contributed by atoms with Gasteiger partial charge in [0.05, 0.1) is 19.6 Å². The number of nitrogens with zero attached hydrogens (tertiary/aromatic N) is 2. The van der Waals surface area contributed by atoms with E-state index in [1.54, 1.807) is 19.2 Å². The number of methoxy groups -OCH3 is 1. The molecule has 6 nitrogen and oxygen atoms in total. The Kier molecular flexibility index (Phi) is 7.69. The first-order chi connectivity index (χ1) is 12.5. The smallest absolute Gasteiger partial charge is 0.310 e. The van der Waals surface area contributed by atoms with Crippen LogP contribution in [0.25, 0.3) is 0 Å². The molecule has 2 atom stereocenters. The van der Waals surface area contributed by atoms with E-state index in [2.05, 4.69) is 22.1 Å². The molecule has 1 heterocycles. The van der Waals surface area contributed by atoms with E-state index in [-0.39, 0.29) is 23.6 Å². The van der Waals surface area contributed by atoms with Gasteiger partial charge in [-0.05, 0) is 43.0 Å². The molecule has 0 bridgehead atoms. The predicted molar refractivity (Wildman–Crippen MR) is 98.7 cm³/mol. The molecule has 7 heteroatoms. The second-order valence-electron chi connectivity index (χ2n) is 6.50. The van der Waals surface area contributed by atoms with Gasteiger partial charge in [0.25, 0.3) is 0 Å². The Morgan fingerprint density at radius 3 is 2.69 bits per heavy atom. The van der Waals surface area contributed by atoms with Crippen LogP contribution < -0.4 is 10.1 Å². The van der Waals surface area contributed by atoms with E-state index in [0.29, 0.717) is 18.9 Å². The topological polar surface area (TPSA) is 63.2 Å². The summed E-state index contributed by atoms with van der Waals surface area (Å²) < 4.78 is 23.3. The van der Waals surface area contributed by atoms with Gasteiger partial charge in [-0.3, -0.25) is 9.79 Å². The number of esters is 1. The van der Waals surface area contributed by atoms with Crippen molar-refractivity contribution in [1.29, 1.82) is 0 Å². The van der Waals surface area contributed by atoms with Crippen LogP contribution in [0.4, 0.5) is 4.39 Å². The monoisotopic (exact) mass is 365 g/mol. The van der Waals surface area contributed by atoms with Crippen LogP contribution >= 0.6 is 0 Å². The lowest BCUT2D eigenvalue weighted by molar-refractivity contribution is -0.145. The Morgan fingerprint density at radius 2 is 2.04 bits per heavy atom. The Hall–Kier alpha value is -2.31. The van der Waals surface area contributed by atoms with Crippen molar-refractivity contribution >= 4 is 11.9 Å². The molecule has 1 aromatic rings. The fraction of sp³-hybridized carbons (Fsp3) is 0.579. The summed E-state index contributed by atoms with van der Waals surface area (Å²) >= 11 is 0. The highest BCUT2D eigenvalue weighted by Crippen LogP contribution is 2.24. The summed E-state index contributed by atoms with van der Waals surface area (Å²) in [5.41, 5.74) is 0. The summed E-state index contributed by atoms with van der Waals surface area (Å²) in [5.74, 6) is 1.19. The number of hydrogen-bond donors (Lipinski definition) is 1. The molecule has 1 N–H and O–H groups in total. The van der Waals surface area contributed by atoms with Crippen molar-refractivity contribution in [3.8, 4) is 5.75 Å². The molecule has 26 heavy (non-hydrogen) atoms. The van der Waals surface area contributed by atoms with Gasteiger partial charge >= 0.3 is 5.97 Å². The molecule has 1 saturated heterocycles. The van der Waals surface area contributed by atoms with Crippen LogP contribution in [0.2, 0.25) is 0 Å². The summed E-state index contributed by atoms with van der Waals surface area (Å²) in [5, 5.41) is 3.33. The molecule has 1 aliphatic rings. The summed E-state index contributed by atoms with van der Waals surface area (Å²) in [6.45, 7) is 4.82. The highest BCUT2D eigenvalue weighted by atomic mass is 19.1. The van der Waals surface area contributed by atoms with E-state index in [1.807, 2.05) is 0 Å². The second-order valence-corrected chi connectivity index (χ2v) is 6.50. The first kappa shape index (κ1) is 20.0. The Balaban J connectivity index is 1.66.